The first kappa shape index (κ1) is 14.9. The van der Waals surface area contributed by atoms with Gasteiger partial charge in [-0.25, -0.2) is 0 Å². The van der Waals surface area contributed by atoms with Crippen LogP contribution < -0.4 is 0 Å². The van der Waals surface area contributed by atoms with E-state index >= 15 is 0 Å². The Morgan fingerprint density at radius 3 is 1.80 bits per heavy atom. The molecule has 0 aliphatic carbocycles. The van der Waals surface area contributed by atoms with E-state index in [2.05, 4.69) is 34.6 Å². The highest BCUT2D eigenvalue weighted by atomic mass is 16.5. The van der Waals surface area contributed by atoms with Gasteiger partial charge in [-0.15, -0.1) is 0 Å². The largest absolute Gasteiger partial charge is 0.376 e. The molecule has 15 heavy (non-hydrogen) atoms. The van der Waals surface area contributed by atoms with Crippen molar-refractivity contribution in [2.24, 2.45) is 0 Å². The van der Waals surface area contributed by atoms with E-state index in [1.165, 1.54) is 6.42 Å². The first-order chi connectivity index (χ1) is 6.83. The van der Waals surface area contributed by atoms with Gasteiger partial charge >= 0.3 is 0 Å². The van der Waals surface area contributed by atoms with Crippen LogP contribution in [0.2, 0.25) is 0 Å². The van der Waals surface area contributed by atoms with E-state index in [4.69, 9.17) is 9.47 Å². The molecular weight excluding hydrogens is 188 g/mol. The minimum Gasteiger partial charge on any atom is -0.376 e. The molecule has 0 bridgehead atoms. The summed E-state index contributed by atoms with van der Waals surface area (Å²) in [6.07, 6.45) is 3.23. The van der Waals surface area contributed by atoms with Crippen molar-refractivity contribution < 1.29 is 9.47 Å². The summed E-state index contributed by atoms with van der Waals surface area (Å²) in [5.41, 5.74) is -0.0475. The summed E-state index contributed by atoms with van der Waals surface area (Å²) < 4.78 is 11.5. The summed E-state index contributed by atoms with van der Waals surface area (Å²) in [5.74, 6) is 0. The third kappa shape index (κ3) is 7.80. The molecule has 0 spiro atoms. The summed E-state index contributed by atoms with van der Waals surface area (Å²) >= 11 is 0. The Morgan fingerprint density at radius 1 is 0.800 bits per heavy atom. The van der Waals surface area contributed by atoms with Crippen LogP contribution in [0.25, 0.3) is 0 Å². The Bertz CT molecular complexity index is 144. The van der Waals surface area contributed by atoms with Crippen molar-refractivity contribution >= 4 is 0 Å². The summed E-state index contributed by atoms with van der Waals surface area (Å²) in [6.45, 7) is 14.3. The Hall–Kier alpha value is -0.0800. The first-order valence-electron chi connectivity index (χ1n) is 6.11. The van der Waals surface area contributed by atoms with Gasteiger partial charge in [-0.1, -0.05) is 13.3 Å². The van der Waals surface area contributed by atoms with Gasteiger partial charge in [0.15, 0.2) is 0 Å². The molecule has 0 aromatic rings. The second kappa shape index (κ2) is 6.49. The molecule has 92 valence electrons. The Labute approximate surface area is 95.3 Å². The fourth-order valence-electron chi connectivity index (χ4n) is 1.71. The van der Waals surface area contributed by atoms with Crippen LogP contribution >= 0.6 is 0 Å². The lowest BCUT2D eigenvalue weighted by Gasteiger charge is -2.29. The predicted octanol–water partition coefficient (Wildman–Crippen LogP) is 3.79. The molecule has 0 aliphatic heterocycles. The second-order valence-electron chi connectivity index (χ2n) is 5.30. The van der Waals surface area contributed by atoms with Crippen LogP contribution in [0.5, 0.6) is 0 Å². The topological polar surface area (TPSA) is 18.5 Å². The number of hydrogen-bond acceptors (Lipinski definition) is 2. The SMILES string of the molecule is CCCC(C)(C)OCCC(C)(C)OCC. The second-order valence-corrected chi connectivity index (χ2v) is 5.30. The maximum absolute atomic E-state index is 5.87. The molecule has 0 amide bonds. The van der Waals surface area contributed by atoms with E-state index in [-0.39, 0.29) is 11.2 Å². The number of hydrogen-bond donors (Lipinski definition) is 0. The molecule has 0 unspecified atom stereocenters. The lowest BCUT2D eigenvalue weighted by molar-refractivity contribution is -0.0715. The molecule has 0 fully saturated rings. The van der Waals surface area contributed by atoms with Gasteiger partial charge in [0.2, 0.25) is 0 Å². The number of rotatable bonds is 8. The Balaban J connectivity index is 3.77. The van der Waals surface area contributed by atoms with Crippen LogP contribution in [0.1, 0.15) is 60.8 Å². The molecule has 0 N–H and O–H groups in total. The van der Waals surface area contributed by atoms with E-state index in [9.17, 15) is 0 Å². The zero-order valence-corrected chi connectivity index (χ0v) is 11.4. The average Bonchev–Trinajstić information content (AvgIpc) is 2.02. The quantitative estimate of drug-likeness (QED) is 0.614. The first-order valence-corrected chi connectivity index (χ1v) is 6.11. The van der Waals surface area contributed by atoms with Gasteiger partial charge < -0.3 is 9.47 Å². The van der Waals surface area contributed by atoms with Gasteiger partial charge in [-0.05, 0) is 47.5 Å². The number of ether oxygens (including phenoxy) is 2. The van der Waals surface area contributed by atoms with Crippen LogP contribution in [0.4, 0.5) is 0 Å². The molecule has 2 nitrogen and oxygen atoms in total. The molecule has 0 heterocycles. The standard InChI is InChI=1S/C13H28O2/c1-7-9-12(3,4)15-11-10-13(5,6)14-8-2/h7-11H2,1-6H3. The summed E-state index contributed by atoms with van der Waals surface area (Å²) in [7, 11) is 0. The fraction of sp³-hybridized carbons (Fsp3) is 1.00. The highest BCUT2D eigenvalue weighted by molar-refractivity contribution is 4.71. The van der Waals surface area contributed by atoms with Crippen molar-refractivity contribution in [2.75, 3.05) is 13.2 Å². The van der Waals surface area contributed by atoms with Crippen molar-refractivity contribution in [3.8, 4) is 0 Å². The van der Waals surface area contributed by atoms with E-state index in [0.29, 0.717) is 0 Å². The van der Waals surface area contributed by atoms with Crippen molar-refractivity contribution in [1.29, 1.82) is 0 Å². The van der Waals surface area contributed by atoms with Gasteiger partial charge in [0.05, 0.1) is 17.8 Å². The van der Waals surface area contributed by atoms with Gasteiger partial charge in [0, 0.05) is 6.61 Å². The molecule has 0 saturated carbocycles. The third-order valence-corrected chi connectivity index (χ3v) is 2.58. The monoisotopic (exact) mass is 216 g/mol. The molecule has 0 rings (SSSR count). The van der Waals surface area contributed by atoms with Gasteiger partial charge in [0.25, 0.3) is 0 Å². The average molecular weight is 216 g/mol. The summed E-state index contributed by atoms with van der Waals surface area (Å²) in [4.78, 5) is 0. The van der Waals surface area contributed by atoms with Crippen molar-refractivity contribution in [3.63, 3.8) is 0 Å². The third-order valence-electron chi connectivity index (χ3n) is 2.58. The minimum atomic E-state index is -0.0585. The lowest BCUT2D eigenvalue weighted by Crippen LogP contribution is -2.30. The van der Waals surface area contributed by atoms with Crippen molar-refractivity contribution in [3.05, 3.63) is 0 Å². The Kier molecular flexibility index (Phi) is 6.46. The van der Waals surface area contributed by atoms with Gasteiger partial charge in [-0.2, -0.15) is 0 Å². The fourth-order valence-corrected chi connectivity index (χ4v) is 1.71. The van der Waals surface area contributed by atoms with Crippen LogP contribution in [0.3, 0.4) is 0 Å². The Morgan fingerprint density at radius 2 is 1.33 bits per heavy atom. The normalized spacial score (nSPS) is 13.2. The maximum atomic E-state index is 5.87. The molecular formula is C13H28O2. The van der Waals surface area contributed by atoms with Crippen LogP contribution in [0, 0.1) is 0 Å². The van der Waals surface area contributed by atoms with E-state index in [1.54, 1.807) is 0 Å². The lowest BCUT2D eigenvalue weighted by atomic mass is 10.0. The minimum absolute atomic E-state index is 0.0110. The summed E-state index contributed by atoms with van der Waals surface area (Å²) in [5, 5.41) is 0. The maximum Gasteiger partial charge on any atom is 0.0648 e. The molecule has 0 aromatic carbocycles. The molecule has 0 radical (unpaired) electrons. The smallest absolute Gasteiger partial charge is 0.0648 e. The predicted molar refractivity (Wildman–Crippen MR) is 65.3 cm³/mol. The molecule has 0 aromatic heterocycles. The van der Waals surface area contributed by atoms with Crippen LogP contribution in [-0.4, -0.2) is 24.4 Å². The molecule has 0 atom stereocenters. The van der Waals surface area contributed by atoms with E-state index < -0.39 is 0 Å². The van der Waals surface area contributed by atoms with E-state index in [1.807, 2.05) is 6.92 Å². The van der Waals surface area contributed by atoms with Crippen molar-refractivity contribution in [1.82, 2.24) is 0 Å². The molecule has 2 heteroatoms. The van der Waals surface area contributed by atoms with Gasteiger partial charge in [0.1, 0.15) is 0 Å². The zero-order chi connectivity index (χ0) is 11.9. The van der Waals surface area contributed by atoms with Crippen LogP contribution in [0.15, 0.2) is 0 Å². The van der Waals surface area contributed by atoms with Gasteiger partial charge in [-0.3, -0.25) is 0 Å². The zero-order valence-electron chi connectivity index (χ0n) is 11.4. The molecule has 0 saturated heterocycles. The highest BCUT2D eigenvalue weighted by Crippen LogP contribution is 2.20. The summed E-state index contributed by atoms with van der Waals surface area (Å²) in [6, 6.07) is 0. The van der Waals surface area contributed by atoms with E-state index in [0.717, 1.165) is 26.1 Å². The van der Waals surface area contributed by atoms with Crippen molar-refractivity contribution in [2.45, 2.75) is 72.0 Å². The highest BCUT2D eigenvalue weighted by Gasteiger charge is 2.21. The van der Waals surface area contributed by atoms with Crippen LogP contribution in [-0.2, 0) is 9.47 Å². The molecule has 0 aliphatic rings.